The molecule has 0 bridgehead atoms. The second kappa shape index (κ2) is 13.6. The molecule has 0 aromatic heterocycles. The molecule has 32 heavy (non-hydrogen) atoms. The SMILES string of the molecule is CCCCCCOc1ccc(NC(=S)NC(NC(=O)c2ccccc2I)C(Cl)(Cl)Cl)cc1. The molecule has 1 unspecified atom stereocenters. The van der Waals surface area contributed by atoms with Gasteiger partial charge in [-0.25, -0.2) is 0 Å². The van der Waals surface area contributed by atoms with Crippen LogP contribution in [0.25, 0.3) is 0 Å². The molecule has 174 valence electrons. The van der Waals surface area contributed by atoms with E-state index in [-0.39, 0.29) is 11.0 Å². The number of anilines is 1. The number of amides is 1. The van der Waals surface area contributed by atoms with Crippen LogP contribution in [0.2, 0.25) is 0 Å². The minimum atomic E-state index is -1.84. The lowest BCUT2D eigenvalue weighted by Crippen LogP contribution is -2.56. The van der Waals surface area contributed by atoms with E-state index >= 15 is 0 Å². The van der Waals surface area contributed by atoms with Crippen molar-refractivity contribution in [3.63, 3.8) is 0 Å². The summed E-state index contributed by atoms with van der Waals surface area (Å²) in [5.74, 6) is 0.400. The second-order valence-corrected chi connectivity index (χ2v) is 10.9. The van der Waals surface area contributed by atoms with Gasteiger partial charge in [0.05, 0.1) is 12.2 Å². The molecule has 10 heteroatoms. The lowest BCUT2D eigenvalue weighted by atomic mass is 10.2. The van der Waals surface area contributed by atoms with Gasteiger partial charge in [0.25, 0.3) is 5.91 Å². The van der Waals surface area contributed by atoms with Crippen molar-refractivity contribution in [3.8, 4) is 5.75 Å². The Balaban J connectivity index is 1.91. The molecule has 1 amide bonds. The van der Waals surface area contributed by atoms with Crippen LogP contribution in [0, 0.1) is 3.57 Å². The number of thiocarbonyl (C=S) groups is 1. The van der Waals surface area contributed by atoms with Gasteiger partial charge in [-0.15, -0.1) is 0 Å². The van der Waals surface area contributed by atoms with Crippen LogP contribution >= 0.6 is 69.6 Å². The van der Waals surface area contributed by atoms with Crippen LogP contribution in [-0.4, -0.2) is 27.6 Å². The highest BCUT2D eigenvalue weighted by molar-refractivity contribution is 14.1. The largest absolute Gasteiger partial charge is 0.494 e. The van der Waals surface area contributed by atoms with Gasteiger partial charge in [-0.05, 0) is 77.6 Å². The fourth-order valence-electron chi connectivity index (χ4n) is 2.71. The lowest BCUT2D eigenvalue weighted by Gasteiger charge is -2.28. The fourth-order valence-corrected chi connectivity index (χ4v) is 3.90. The van der Waals surface area contributed by atoms with Crippen LogP contribution in [0.4, 0.5) is 5.69 Å². The molecule has 0 saturated carbocycles. The Morgan fingerprint density at radius 1 is 1.06 bits per heavy atom. The highest BCUT2D eigenvalue weighted by Gasteiger charge is 2.35. The number of rotatable bonds is 10. The molecule has 0 aliphatic heterocycles. The molecule has 3 N–H and O–H groups in total. The zero-order valence-electron chi connectivity index (χ0n) is 17.5. The first-order valence-electron chi connectivity index (χ1n) is 10.1. The van der Waals surface area contributed by atoms with Crippen LogP contribution < -0.4 is 20.7 Å². The molecule has 0 aliphatic rings. The molecule has 0 aliphatic carbocycles. The average molecular weight is 629 g/mol. The minimum absolute atomic E-state index is 0.192. The van der Waals surface area contributed by atoms with E-state index in [0.29, 0.717) is 12.2 Å². The van der Waals surface area contributed by atoms with Gasteiger partial charge in [0, 0.05) is 9.26 Å². The Labute approximate surface area is 223 Å². The molecule has 0 heterocycles. The summed E-state index contributed by atoms with van der Waals surface area (Å²) in [6.07, 6.45) is 3.57. The van der Waals surface area contributed by atoms with Crippen molar-refractivity contribution in [1.82, 2.24) is 10.6 Å². The predicted octanol–water partition coefficient (Wildman–Crippen LogP) is 6.66. The zero-order valence-corrected chi connectivity index (χ0v) is 22.7. The number of benzene rings is 2. The third-order valence-electron chi connectivity index (χ3n) is 4.38. The summed E-state index contributed by atoms with van der Waals surface area (Å²) in [4.78, 5) is 12.6. The molecule has 0 saturated heterocycles. The van der Waals surface area contributed by atoms with E-state index < -0.39 is 9.96 Å². The van der Waals surface area contributed by atoms with Gasteiger partial charge < -0.3 is 20.7 Å². The van der Waals surface area contributed by atoms with E-state index in [1.165, 1.54) is 19.3 Å². The molecule has 5 nitrogen and oxygen atoms in total. The van der Waals surface area contributed by atoms with E-state index in [0.717, 1.165) is 21.4 Å². The van der Waals surface area contributed by atoms with Gasteiger partial charge in [-0.2, -0.15) is 0 Å². The van der Waals surface area contributed by atoms with Crippen molar-refractivity contribution >= 4 is 86.3 Å². The first-order chi connectivity index (χ1) is 15.2. The van der Waals surface area contributed by atoms with Crippen molar-refractivity contribution in [1.29, 1.82) is 0 Å². The number of hydrogen-bond acceptors (Lipinski definition) is 3. The maximum Gasteiger partial charge on any atom is 0.254 e. The van der Waals surface area contributed by atoms with Gasteiger partial charge in [0.15, 0.2) is 5.11 Å². The highest BCUT2D eigenvalue weighted by Crippen LogP contribution is 2.29. The minimum Gasteiger partial charge on any atom is -0.494 e. The highest BCUT2D eigenvalue weighted by atomic mass is 127. The Hall–Kier alpha value is -1.000. The van der Waals surface area contributed by atoms with E-state index in [2.05, 4.69) is 45.5 Å². The van der Waals surface area contributed by atoms with Gasteiger partial charge in [0.2, 0.25) is 3.79 Å². The fraction of sp³-hybridized carbons (Fsp3) is 0.364. The van der Waals surface area contributed by atoms with Crippen LogP contribution in [0.3, 0.4) is 0 Å². The van der Waals surface area contributed by atoms with Crippen LogP contribution in [0.15, 0.2) is 48.5 Å². The number of nitrogens with one attached hydrogen (secondary N) is 3. The second-order valence-electron chi connectivity index (χ2n) is 6.96. The zero-order chi connectivity index (χ0) is 23.6. The number of carbonyl (C=O) groups excluding carboxylic acids is 1. The number of ether oxygens (including phenoxy) is 1. The maximum atomic E-state index is 12.6. The van der Waals surface area contributed by atoms with Crippen molar-refractivity contribution in [2.45, 2.75) is 42.6 Å². The molecule has 2 aromatic rings. The molecule has 1 atom stereocenters. The summed E-state index contributed by atoms with van der Waals surface area (Å²) >= 11 is 25.6. The Kier molecular flexibility index (Phi) is 11.6. The lowest BCUT2D eigenvalue weighted by molar-refractivity contribution is 0.0933. The first-order valence-corrected chi connectivity index (χ1v) is 12.7. The number of alkyl halides is 3. The Bertz CT molecular complexity index is 895. The summed E-state index contributed by atoms with van der Waals surface area (Å²) in [6, 6.07) is 14.5. The van der Waals surface area contributed by atoms with Crippen LogP contribution in [0.5, 0.6) is 5.75 Å². The molecular formula is C22H25Cl3IN3O2S. The summed E-state index contributed by atoms with van der Waals surface area (Å²) in [5, 5.41) is 8.74. The molecular weight excluding hydrogens is 604 g/mol. The summed E-state index contributed by atoms with van der Waals surface area (Å²) in [6.45, 7) is 2.87. The molecule has 2 rings (SSSR count). The summed E-state index contributed by atoms with van der Waals surface area (Å²) in [5.41, 5.74) is 1.20. The Morgan fingerprint density at radius 2 is 1.75 bits per heavy atom. The van der Waals surface area contributed by atoms with Crippen molar-refractivity contribution in [2.75, 3.05) is 11.9 Å². The van der Waals surface area contributed by atoms with Gasteiger partial charge in [-0.1, -0.05) is 73.1 Å². The summed E-state index contributed by atoms with van der Waals surface area (Å²) < 4.78 is 4.68. The number of hydrogen-bond donors (Lipinski definition) is 3. The molecule has 2 aromatic carbocycles. The average Bonchev–Trinajstić information content (AvgIpc) is 2.74. The van der Waals surface area contributed by atoms with Crippen molar-refractivity contribution in [2.24, 2.45) is 0 Å². The number of unbranched alkanes of at least 4 members (excludes halogenated alkanes) is 3. The van der Waals surface area contributed by atoms with E-state index in [4.69, 9.17) is 51.8 Å². The molecule has 0 fully saturated rings. The van der Waals surface area contributed by atoms with Crippen molar-refractivity contribution < 1.29 is 9.53 Å². The topological polar surface area (TPSA) is 62.4 Å². The van der Waals surface area contributed by atoms with E-state index in [1.807, 2.05) is 36.4 Å². The number of halogens is 4. The van der Waals surface area contributed by atoms with E-state index in [1.54, 1.807) is 12.1 Å². The van der Waals surface area contributed by atoms with Gasteiger partial charge in [-0.3, -0.25) is 4.79 Å². The Morgan fingerprint density at radius 3 is 2.38 bits per heavy atom. The first kappa shape index (κ1) is 27.2. The predicted molar refractivity (Wildman–Crippen MR) is 146 cm³/mol. The standard InChI is InChI=1S/C22H25Cl3IN3O2S/c1-2-3-4-7-14-31-16-12-10-15(11-13-16)27-21(32)29-20(22(23,24)25)28-19(30)17-8-5-6-9-18(17)26/h5-6,8-13,20H,2-4,7,14H2,1H3,(H,28,30)(H2,27,29,32). The third-order valence-corrected chi connectivity index (χ3v) is 6.19. The van der Waals surface area contributed by atoms with E-state index in [9.17, 15) is 4.79 Å². The maximum absolute atomic E-state index is 12.6. The van der Waals surface area contributed by atoms with Crippen LogP contribution in [0.1, 0.15) is 43.0 Å². The molecule has 0 radical (unpaired) electrons. The van der Waals surface area contributed by atoms with Gasteiger partial charge in [0.1, 0.15) is 11.9 Å². The normalized spacial score (nSPS) is 12.0. The quantitative estimate of drug-likeness (QED) is 0.0903. The molecule has 0 spiro atoms. The van der Waals surface area contributed by atoms with Gasteiger partial charge >= 0.3 is 0 Å². The van der Waals surface area contributed by atoms with Crippen molar-refractivity contribution in [3.05, 3.63) is 57.7 Å². The monoisotopic (exact) mass is 627 g/mol. The van der Waals surface area contributed by atoms with Crippen LogP contribution in [-0.2, 0) is 0 Å². The number of carbonyl (C=O) groups is 1. The summed E-state index contributed by atoms with van der Waals surface area (Å²) in [7, 11) is 0. The smallest absolute Gasteiger partial charge is 0.254 e. The third kappa shape index (κ3) is 9.47.